The van der Waals surface area contributed by atoms with E-state index in [1.807, 2.05) is 31.2 Å². The van der Waals surface area contributed by atoms with Gasteiger partial charge >= 0.3 is 0 Å². The Hall–Kier alpha value is -1.34. The summed E-state index contributed by atoms with van der Waals surface area (Å²) in [5.41, 5.74) is 1.74. The maximum atomic E-state index is 11.2. The topological polar surface area (TPSA) is 52.9 Å². The molecule has 0 radical (unpaired) electrons. The van der Waals surface area contributed by atoms with Crippen molar-refractivity contribution < 1.29 is 4.21 Å². The molecular weight excluding hydrogens is 196 g/mol. The SMILES string of the molecule is CCS(=O)Nc1cccc(CC#N)c1. The van der Waals surface area contributed by atoms with Crippen LogP contribution in [0.3, 0.4) is 0 Å². The van der Waals surface area contributed by atoms with Gasteiger partial charge in [-0.25, -0.2) is 4.21 Å². The zero-order chi connectivity index (χ0) is 10.4. The lowest BCUT2D eigenvalue weighted by Crippen LogP contribution is -2.06. The summed E-state index contributed by atoms with van der Waals surface area (Å²) in [4.78, 5) is 0. The molecule has 0 aromatic heterocycles. The lowest BCUT2D eigenvalue weighted by Gasteiger charge is -2.04. The number of nitriles is 1. The molecule has 1 N–H and O–H groups in total. The monoisotopic (exact) mass is 208 g/mol. The molecule has 0 fully saturated rings. The van der Waals surface area contributed by atoms with Gasteiger partial charge in [0.1, 0.15) is 11.0 Å². The average molecular weight is 208 g/mol. The van der Waals surface area contributed by atoms with Gasteiger partial charge in [0.25, 0.3) is 0 Å². The first kappa shape index (κ1) is 10.7. The third kappa shape index (κ3) is 3.19. The first-order chi connectivity index (χ1) is 6.76. The Morgan fingerprint density at radius 1 is 1.57 bits per heavy atom. The van der Waals surface area contributed by atoms with Crippen molar-refractivity contribution in [2.45, 2.75) is 13.3 Å². The summed E-state index contributed by atoms with van der Waals surface area (Å²) in [6, 6.07) is 9.49. The second-order valence-electron chi connectivity index (χ2n) is 2.77. The Balaban J connectivity index is 2.74. The predicted molar refractivity (Wildman–Crippen MR) is 58.1 cm³/mol. The van der Waals surface area contributed by atoms with Crippen LogP contribution in [0.1, 0.15) is 12.5 Å². The molecule has 3 nitrogen and oxygen atoms in total. The van der Waals surface area contributed by atoms with Crippen LogP contribution in [-0.4, -0.2) is 9.96 Å². The van der Waals surface area contributed by atoms with Gasteiger partial charge in [-0.15, -0.1) is 0 Å². The van der Waals surface area contributed by atoms with Gasteiger partial charge < -0.3 is 4.72 Å². The highest BCUT2D eigenvalue weighted by molar-refractivity contribution is 7.86. The third-order valence-electron chi connectivity index (χ3n) is 1.70. The standard InChI is InChI=1S/C10H12N2OS/c1-2-14(13)12-10-5-3-4-9(8-10)6-7-11/h3-5,8,12H,2,6H2,1H3. The largest absolute Gasteiger partial charge is 0.305 e. The van der Waals surface area contributed by atoms with E-state index in [1.54, 1.807) is 0 Å². The first-order valence-electron chi connectivity index (χ1n) is 4.37. The Morgan fingerprint density at radius 3 is 3.00 bits per heavy atom. The van der Waals surface area contributed by atoms with Crippen molar-refractivity contribution in [2.24, 2.45) is 0 Å². The van der Waals surface area contributed by atoms with Gasteiger partial charge in [-0.05, 0) is 17.7 Å². The number of benzene rings is 1. The molecule has 0 amide bonds. The molecule has 0 saturated heterocycles. The predicted octanol–water partition coefficient (Wildman–Crippen LogP) is 1.85. The molecular formula is C10H12N2OS. The molecule has 0 aliphatic rings. The van der Waals surface area contributed by atoms with Crippen molar-refractivity contribution in [3.05, 3.63) is 29.8 Å². The van der Waals surface area contributed by atoms with Gasteiger partial charge in [0.05, 0.1) is 12.5 Å². The van der Waals surface area contributed by atoms with E-state index in [0.717, 1.165) is 11.3 Å². The van der Waals surface area contributed by atoms with Crippen molar-refractivity contribution in [1.82, 2.24) is 0 Å². The summed E-state index contributed by atoms with van der Waals surface area (Å²) in [6.45, 7) is 1.85. The number of rotatable bonds is 4. The van der Waals surface area contributed by atoms with E-state index in [-0.39, 0.29) is 0 Å². The van der Waals surface area contributed by atoms with E-state index in [1.165, 1.54) is 0 Å². The van der Waals surface area contributed by atoms with E-state index in [0.29, 0.717) is 12.2 Å². The number of nitrogens with one attached hydrogen (secondary N) is 1. The maximum Gasteiger partial charge on any atom is 0.116 e. The van der Waals surface area contributed by atoms with Crippen LogP contribution in [-0.2, 0) is 17.4 Å². The van der Waals surface area contributed by atoms with Crippen LogP contribution in [0.4, 0.5) is 5.69 Å². The van der Waals surface area contributed by atoms with E-state index >= 15 is 0 Å². The lowest BCUT2D eigenvalue weighted by molar-refractivity contribution is 0.687. The van der Waals surface area contributed by atoms with Gasteiger partial charge in [-0.2, -0.15) is 5.26 Å². The van der Waals surface area contributed by atoms with E-state index < -0.39 is 11.0 Å². The molecule has 4 heteroatoms. The molecule has 0 heterocycles. The summed E-state index contributed by atoms with van der Waals surface area (Å²) in [6.07, 6.45) is 0.383. The van der Waals surface area contributed by atoms with Crippen molar-refractivity contribution in [1.29, 1.82) is 5.26 Å². The zero-order valence-corrected chi connectivity index (χ0v) is 8.80. The number of nitrogens with zero attached hydrogens (tertiary/aromatic N) is 1. The van der Waals surface area contributed by atoms with Crippen molar-refractivity contribution in [3.63, 3.8) is 0 Å². The second-order valence-corrected chi connectivity index (χ2v) is 4.24. The summed E-state index contributed by atoms with van der Waals surface area (Å²) in [7, 11) is -1.02. The molecule has 14 heavy (non-hydrogen) atoms. The van der Waals surface area contributed by atoms with E-state index in [4.69, 9.17) is 5.26 Å². The van der Waals surface area contributed by atoms with E-state index in [2.05, 4.69) is 10.8 Å². The molecule has 0 aliphatic carbocycles. The van der Waals surface area contributed by atoms with Crippen molar-refractivity contribution >= 4 is 16.7 Å². The number of hydrogen-bond acceptors (Lipinski definition) is 2. The van der Waals surface area contributed by atoms with Crippen molar-refractivity contribution in [2.75, 3.05) is 10.5 Å². The fourth-order valence-electron chi connectivity index (χ4n) is 1.04. The Morgan fingerprint density at radius 2 is 2.36 bits per heavy atom. The fraction of sp³-hybridized carbons (Fsp3) is 0.300. The minimum Gasteiger partial charge on any atom is -0.305 e. The molecule has 0 aliphatic heterocycles. The normalized spacial score (nSPS) is 11.7. The van der Waals surface area contributed by atoms with Crippen LogP contribution in [0.2, 0.25) is 0 Å². The van der Waals surface area contributed by atoms with Gasteiger partial charge in [0, 0.05) is 11.4 Å². The Labute approximate surface area is 86.3 Å². The molecule has 0 bridgehead atoms. The van der Waals surface area contributed by atoms with Gasteiger partial charge in [0.2, 0.25) is 0 Å². The second kappa shape index (κ2) is 5.40. The smallest absolute Gasteiger partial charge is 0.116 e. The minimum absolute atomic E-state index is 0.383. The van der Waals surface area contributed by atoms with Crippen LogP contribution in [0, 0.1) is 11.3 Å². The van der Waals surface area contributed by atoms with Crippen LogP contribution in [0.25, 0.3) is 0 Å². The molecule has 1 rings (SSSR count). The molecule has 1 atom stereocenters. The first-order valence-corrected chi connectivity index (χ1v) is 5.69. The quantitative estimate of drug-likeness (QED) is 0.821. The molecule has 0 spiro atoms. The minimum atomic E-state index is -1.02. The van der Waals surface area contributed by atoms with Gasteiger partial charge in [0.15, 0.2) is 0 Å². The van der Waals surface area contributed by atoms with Crippen LogP contribution in [0.15, 0.2) is 24.3 Å². The Bertz CT molecular complexity index is 371. The van der Waals surface area contributed by atoms with E-state index in [9.17, 15) is 4.21 Å². The van der Waals surface area contributed by atoms with Gasteiger partial charge in [-0.1, -0.05) is 19.1 Å². The highest BCUT2D eigenvalue weighted by Gasteiger charge is 1.98. The fourth-order valence-corrected chi connectivity index (χ4v) is 1.57. The summed E-state index contributed by atoms with van der Waals surface area (Å²) < 4.78 is 14.0. The van der Waals surface area contributed by atoms with Gasteiger partial charge in [-0.3, -0.25) is 0 Å². The molecule has 74 valence electrons. The lowest BCUT2D eigenvalue weighted by atomic mass is 10.1. The molecule has 1 aromatic carbocycles. The third-order valence-corrected chi connectivity index (χ3v) is 2.69. The number of anilines is 1. The maximum absolute atomic E-state index is 11.2. The summed E-state index contributed by atoms with van der Waals surface area (Å²) >= 11 is 0. The number of hydrogen-bond donors (Lipinski definition) is 1. The van der Waals surface area contributed by atoms with Crippen LogP contribution >= 0.6 is 0 Å². The summed E-state index contributed by atoms with van der Waals surface area (Å²) in [5.74, 6) is 0.572. The van der Waals surface area contributed by atoms with Crippen molar-refractivity contribution in [3.8, 4) is 6.07 Å². The van der Waals surface area contributed by atoms with Crippen LogP contribution < -0.4 is 4.72 Å². The highest BCUT2D eigenvalue weighted by atomic mass is 32.2. The Kier molecular flexibility index (Phi) is 4.14. The summed E-state index contributed by atoms with van der Waals surface area (Å²) in [5, 5.41) is 8.51. The van der Waals surface area contributed by atoms with Crippen LogP contribution in [0.5, 0.6) is 0 Å². The highest BCUT2D eigenvalue weighted by Crippen LogP contribution is 2.11. The zero-order valence-electron chi connectivity index (χ0n) is 7.99. The average Bonchev–Trinajstić information content (AvgIpc) is 2.19. The molecule has 0 saturated carbocycles. The molecule has 1 aromatic rings. The molecule has 1 unspecified atom stereocenters.